The Balaban J connectivity index is 1.64. The molecule has 0 aliphatic carbocycles. The van der Waals surface area contributed by atoms with Gasteiger partial charge in [-0.05, 0) is 23.8 Å². The number of hydrogen-bond donors (Lipinski definition) is 2. The summed E-state index contributed by atoms with van der Waals surface area (Å²) in [5, 5.41) is 6.92. The van der Waals surface area contributed by atoms with Crippen molar-refractivity contribution < 1.29 is 9.59 Å². The summed E-state index contributed by atoms with van der Waals surface area (Å²) in [4.78, 5) is 24.8. The molecule has 2 amide bonds. The van der Waals surface area contributed by atoms with Crippen LogP contribution in [0.15, 0.2) is 30.5 Å². The summed E-state index contributed by atoms with van der Waals surface area (Å²) < 4.78 is 2.06. The van der Waals surface area contributed by atoms with Crippen molar-refractivity contribution in [2.75, 3.05) is 11.5 Å². The minimum absolute atomic E-state index is 0.0752. The van der Waals surface area contributed by atoms with Crippen LogP contribution in [0.4, 0.5) is 0 Å². The summed E-state index contributed by atoms with van der Waals surface area (Å²) in [7, 11) is 1.99. The fourth-order valence-corrected chi connectivity index (χ4v) is 4.32. The Kier molecular flexibility index (Phi) is 5.68. The number of aryl methyl sites for hydroxylation is 1. The molecule has 2 atom stereocenters. The van der Waals surface area contributed by atoms with E-state index in [2.05, 4.69) is 34.3 Å². The van der Waals surface area contributed by atoms with Crippen molar-refractivity contribution in [3.8, 4) is 0 Å². The summed E-state index contributed by atoms with van der Waals surface area (Å²) in [5.41, 5.74) is 2.21. The zero-order valence-electron chi connectivity index (χ0n) is 14.7. The zero-order chi connectivity index (χ0) is 17.8. The molecule has 3 rings (SSSR count). The Morgan fingerprint density at radius 3 is 2.64 bits per heavy atom. The highest BCUT2D eigenvalue weighted by molar-refractivity contribution is 7.99. The average Bonchev–Trinajstić information content (AvgIpc) is 2.92. The Hall–Kier alpha value is -1.95. The monoisotopic (exact) mass is 359 g/mol. The Morgan fingerprint density at radius 1 is 1.12 bits per heavy atom. The predicted molar refractivity (Wildman–Crippen MR) is 103 cm³/mol. The highest BCUT2D eigenvalue weighted by Gasteiger charge is 2.33. The number of amides is 2. The quantitative estimate of drug-likeness (QED) is 0.745. The van der Waals surface area contributed by atoms with Gasteiger partial charge in [-0.1, -0.05) is 31.5 Å². The first-order valence-corrected chi connectivity index (χ1v) is 9.97. The lowest BCUT2D eigenvalue weighted by atomic mass is 10.0. The summed E-state index contributed by atoms with van der Waals surface area (Å²) in [6.07, 6.45) is 4.82. The van der Waals surface area contributed by atoms with E-state index in [-0.39, 0.29) is 11.8 Å². The van der Waals surface area contributed by atoms with Gasteiger partial charge in [0, 0.05) is 36.3 Å². The van der Waals surface area contributed by atoms with Crippen molar-refractivity contribution in [3.05, 3.63) is 36.0 Å². The summed E-state index contributed by atoms with van der Waals surface area (Å²) >= 11 is 1.72. The maximum atomic E-state index is 12.4. The molecule has 1 fully saturated rings. The van der Waals surface area contributed by atoms with Crippen LogP contribution in [-0.4, -0.2) is 40.0 Å². The van der Waals surface area contributed by atoms with Gasteiger partial charge in [0.15, 0.2) is 0 Å². The average molecular weight is 359 g/mol. The number of para-hydroxylation sites is 1. The number of thioether (sulfide) groups is 1. The van der Waals surface area contributed by atoms with Crippen LogP contribution in [0.3, 0.4) is 0 Å². The van der Waals surface area contributed by atoms with Gasteiger partial charge in [0.05, 0.1) is 0 Å². The highest BCUT2D eigenvalue weighted by atomic mass is 32.2. The summed E-state index contributed by atoms with van der Waals surface area (Å²) in [6, 6.07) is 7.19. The molecule has 0 saturated carbocycles. The Labute approximate surface area is 152 Å². The van der Waals surface area contributed by atoms with Crippen LogP contribution in [0.1, 0.15) is 25.3 Å². The fourth-order valence-electron chi connectivity index (χ4n) is 3.19. The second-order valence-electron chi connectivity index (χ2n) is 6.54. The number of rotatable bonds is 7. The molecule has 5 nitrogen and oxygen atoms in total. The van der Waals surface area contributed by atoms with E-state index in [4.69, 9.17) is 0 Å². The molecule has 0 bridgehead atoms. The van der Waals surface area contributed by atoms with Gasteiger partial charge in [0.1, 0.15) is 12.1 Å². The molecule has 1 aromatic heterocycles. The first-order valence-electron chi connectivity index (χ1n) is 8.81. The molecule has 0 radical (unpaired) electrons. The number of benzene rings is 1. The van der Waals surface area contributed by atoms with Gasteiger partial charge >= 0.3 is 0 Å². The molecule has 2 N–H and O–H groups in total. The molecule has 2 heterocycles. The largest absolute Gasteiger partial charge is 0.350 e. The molecule has 0 unspecified atom stereocenters. The van der Waals surface area contributed by atoms with Crippen LogP contribution in [0.25, 0.3) is 10.9 Å². The van der Waals surface area contributed by atoms with Crippen molar-refractivity contribution in [3.63, 3.8) is 0 Å². The van der Waals surface area contributed by atoms with Gasteiger partial charge < -0.3 is 15.2 Å². The second-order valence-corrected chi connectivity index (χ2v) is 7.69. The number of aromatic nitrogens is 1. The van der Waals surface area contributed by atoms with Crippen molar-refractivity contribution in [2.45, 2.75) is 38.3 Å². The predicted octanol–water partition coefficient (Wildman–Crippen LogP) is 2.24. The van der Waals surface area contributed by atoms with Gasteiger partial charge in [-0.15, -0.1) is 0 Å². The SMILES string of the molecule is CCCCSC[C@@H]1NC(=O)[C@@H](Cc2cn(C)c3ccccc23)NC1=O. The maximum Gasteiger partial charge on any atom is 0.244 e. The van der Waals surface area contributed by atoms with Crippen LogP contribution in [0.5, 0.6) is 0 Å². The van der Waals surface area contributed by atoms with E-state index in [1.54, 1.807) is 11.8 Å². The lowest BCUT2D eigenvalue weighted by Crippen LogP contribution is -2.63. The van der Waals surface area contributed by atoms with E-state index >= 15 is 0 Å². The number of fused-ring (bicyclic) bond motifs is 1. The number of nitrogens with one attached hydrogen (secondary N) is 2. The normalized spacial score (nSPS) is 20.6. The summed E-state index contributed by atoms with van der Waals surface area (Å²) in [6.45, 7) is 2.15. The minimum atomic E-state index is -0.504. The lowest BCUT2D eigenvalue weighted by molar-refractivity contribution is -0.136. The molecule has 1 aromatic carbocycles. The molecule has 1 aliphatic heterocycles. The van der Waals surface area contributed by atoms with Crippen LogP contribution in [0.2, 0.25) is 0 Å². The van der Waals surface area contributed by atoms with Gasteiger partial charge in [-0.3, -0.25) is 9.59 Å². The number of nitrogens with zero attached hydrogens (tertiary/aromatic N) is 1. The van der Waals surface area contributed by atoms with Gasteiger partial charge in [-0.25, -0.2) is 0 Å². The molecule has 6 heteroatoms. The number of hydrogen-bond acceptors (Lipinski definition) is 3. The van der Waals surface area contributed by atoms with Crippen LogP contribution in [0, 0.1) is 0 Å². The standard InChI is InChI=1S/C19H25N3O2S/c1-3-4-9-25-12-16-19(24)20-15(18(23)21-16)10-13-11-22(2)17-8-6-5-7-14(13)17/h5-8,11,15-16H,3-4,9-10,12H2,1-2H3,(H,20,24)(H,21,23)/t15-,16+/m1/s1. The molecule has 25 heavy (non-hydrogen) atoms. The van der Waals surface area contributed by atoms with Crippen LogP contribution in [-0.2, 0) is 23.1 Å². The van der Waals surface area contributed by atoms with Crippen LogP contribution >= 0.6 is 11.8 Å². The Morgan fingerprint density at radius 2 is 1.84 bits per heavy atom. The van der Waals surface area contributed by atoms with Gasteiger partial charge in [0.2, 0.25) is 11.8 Å². The lowest BCUT2D eigenvalue weighted by Gasteiger charge is -2.29. The van der Waals surface area contributed by atoms with E-state index in [0.717, 1.165) is 35.1 Å². The third-order valence-corrected chi connectivity index (χ3v) is 5.74. The van der Waals surface area contributed by atoms with E-state index in [1.165, 1.54) is 0 Å². The van der Waals surface area contributed by atoms with E-state index < -0.39 is 12.1 Å². The van der Waals surface area contributed by atoms with Crippen molar-refractivity contribution in [1.82, 2.24) is 15.2 Å². The third-order valence-electron chi connectivity index (χ3n) is 4.60. The molecule has 134 valence electrons. The first-order chi connectivity index (χ1) is 12.1. The zero-order valence-corrected chi connectivity index (χ0v) is 15.6. The van der Waals surface area contributed by atoms with Crippen molar-refractivity contribution in [1.29, 1.82) is 0 Å². The highest BCUT2D eigenvalue weighted by Crippen LogP contribution is 2.22. The van der Waals surface area contributed by atoms with Gasteiger partial charge in [0.25, 0.3) is 0 Å². The van der Waals surface area contributed by atoms with E-state index in [1.807, 2.05) is 25.4 Å². The fraction of sp³-hybridized carbons (Fsp3) is 0.474. The maximum absolute atomic E-state index is 12.4. The number of carbonyl (C=O) groups excluding carboxylic acids is 2. The first kappa shape index (κ1) is 17.9. The Bertz CT molecular complexity index is 771. The molecule has 2 aromatic rings. The second kappa shape index (κ2) is 7.95. The number of piperazine rings is 1. The number of unbranched alkanes of at least 4 members (excludes halogenated alkanes) is 1. The van der Waals surface area contributed by atoms with E-state index in [9.17, 15) is 9.59 Å². The summed E-state index contributed by atoms with van der Waals surface area (Å²) in [5.74, 6) is 1.50. The van der Waals surface area contributed by atoms with Crippen molar-refractivity contribution in [2.24, 2.45) is 7.05 Å². The molecule has 1 aliphatic rings. The number of carbonyl (C=O) groups is 2. The van der Waals surface area contributed by atoms with E-state index in [0.29, 0.717) is 12.2 Å². The van der Waals surface area contributed by atoms with Crippen molar-refractivity contribution >= 4 is 34.5 Å². The molecule has 0 spiro atoms. The molecular formula is C19H25N3O2S. The third kappa shape index (κ3) is 4.00. The minimum Gasteiger partial charge on any atom is -0.350 e. The molecule has 1 saturated heterocycles. The van der Waals surface area contributed by atoms with Crippen LogP contribution < -0.4 is 10.6 Å². The van der Waals surface area contributed by atoms with Gasteiger partial charge in [-0.2, -0.15) is 11.8 Å². The topological polar surface area (TPSA) is 63.1 Å². The molecular weight excluding hydrogens is 334 g/mol. The smallest absolute Gasteiger partial charge is 0.244 e.